The molecule has 0 aromatic rings. The molecule has 5 nitrogen and oxygen atoms in total. The Bertz CT molecular complexity index is 277. The first kappa shape index (κ1) is 15.5. The van der Waals surface area contributed by atoms with Crippen LogP contribution >= 0.6 is 22.9 Å². The number of rotatable bonds is 5. The van der Waals surface area contributed by atoms with Crippen LogP contribution in [0.3, 0.4) is 0 Å². The Labute approximate surface area is 129 Å². The van der Waals surface area contributed by atoms with E-state index in [4.69, 9.17) is 4.74 Å². The highest BCUT2D eigenvalue weighted by atomic mass is 127. The van der Waals surface area contributed by atoms with Gasteiger partial charge in [0, 0.05) is 61.0 Å². The predicted octanol–water partition coefficient (Wildman–Crippen LogP) is 1.08. The van der Waals surface area contributed by atoms with Gasteiger partial charge in [0.1, 0.15) is 0 Å². The number of nitrogens with one attached hydrogen (secondary N) is 2. The van der Waals surface area contributed by atoms with Crippen molar-refractivity contribution < 1.29 is 9.53 Å². The standard InChI is InChI=1S/C13H24IN3O2/c14-16-12-3-1-11(2-4-12)15-13(18)5-6-17-7-9-19-10-8-17/h11-12,16H,1-10H2,(H,15,18). The number of halogens is 1. The lowest BCUT2D eigenvalue weighted by atomic mass is 9.92. The summed E-state index contributed by atoms with van der Waals surface area (Å²) in [6, 6.07) is 1.01. The molecule has 0 radical (unpaired) electrons. The van der Waals surface area contributed by atoms with E-state index < -0.39 is 0 Å². The zero-order valence-electron chi connectivity index (χ0n) is 11.4. The van der Waals surface area contributed by atoms with Crippen LogP contribution in [-0.2, 0) is 9.53 Å². The Morgan fingerprint density at radius 2 is 1.79 bits per heavy atom. The van der Waals surface area contributed by atoms with Gasteiger partial charge in [-0.05, 0) is 25.7 Å². The molecule has 1 aliphatic heterocycles. The van der Waals surface area contributed by atoms with Crippen LogP contribution in [0.4, 0.5) is 0 Å². The summed E-state index contributed by atoms with van der Waals surface area (Å²) in [7, 11) is 0. The minimum absolute atomic E-state index is 0.206. The monoisotopic (exact) mass is 381 g/mol. The highest BCUT2D eigenvalue weighted by molar-refractivity contribution is 14.1. The zero-order valence-corrected chi connectivity index (χ0v) is 13.5. The lowest BCUT2D eigenvalue weighted by Gasteiger charge is -2.29. The lowest BCUT2D eigenvalue weighted by Crippen LogP contribution is -2.42. The van der Waals surface area contributed by atoms with Crippen molar-refractivity contribution in [3.05, 3.63) is 0 Å². The first-order chi connectivity index (χ1) is 9.28. The van der Waals surface area contributed by atoms with Gasteiger partial charge in [0.25, 0.3) is 0 Å². The number of ether oxygens (including phenoxy) is 1. The second kappa shape index (κ2) is 8.39. The normalized spacial score (nSPS) is 29.1. The second-order valence-electron chi connectivity index (χ2n) is 5.43. The quantitative estimate of drug-likeness (QED) is 0.553. The Balaban J connectivity index is 1.59. The van der Waals surface area contributed by atoms with Gasteiger partial charge in [-0.15, -0.1) is 0 Å². The fraction of sp³-hybridized carbons (Fsp3) is 0.923. The number of carbonyl (C=O) groups is 1. The fourth-order valence-corrected chi connectivity index (χ4v) is 3.35. The maximum Gasteiger partial charge on any atom is 0.221 e. The van der Waals surface area contributed by atoms with Gasteiger partial charge in [-0.1, -0.05) is 0 Å². The summed E-state index contributed by atoms with van der Waals surface area (Å²) in [6.45, 7) is 4.38. The van der Waals surface area contributed by atoms with Crippen LogP contribution in [0.2, 0.25) is 0 Å². The van der Waals surface area contributed by atoms with E-state index in [9.17, 15) is 4.79 Å². The van der Waals surface area contributed by atoms with Crippen molar-refractivity contribution >= 4 is 28.8 Å². The first-order valence-electron chi connectivity index (χ1n) is 7.23. The van der Waals surface area contributed by atoms with Crippen LogP contribution in [-0.4, -0.2) is 55.7 Å². The predicted molar refractivity (Wildman–Crippen MR) is 83.2 cm³/mol. The third-order valence-electron chi connectivity index (χ3n) is 4.01. The molecule has 1 heterocycles. The molecule has 2 N–H and O–H groups in total. The van der Waals surface area contributed by atoms with E-state index in [1.807, 2.05) is 0 Å². The van der Waals surface area contributed by atoms with Crippen LogP contribution in [0, 0.1) is 0 Å². The number of amides is 1. The Morgan fingerprint density at radius 1 is 1.16 bits per heavy atom. The Kier molecular flexibility index (Phi) is 6.83. The largest absolute Gasteiger partial charge is 0.379 e. The molecule has 2 aliphatic rings. The van der Waals surface area contributed by atoms with Crippen molar-refractivity contribution in [1.29, 1.82) is 0 Å². The molecule has 1 amide bonds. The summed E-state index contributed by atoms with van der Waals surface area (Å²) in [5.74, 6) is 0.206. The number of nitrogens with zero attached hydrogens (tertiary/aromatic N) is 1. The summed E-state index contributed by atoms with van der Waals surface area (Å²) in [4.78, 5) is 14.2. The molecule has 0 atom stereocenters. The molecular formula is C13H24IN3O2. The number of morpholine rings is 1. The molecule has 19 heavy (non-hydrogen) atoms. The van der Waals surface area contributed by atoms with E-state index in [-0.39, 0.29) is 5.91 Å². The summed E-state index contributed by atoms with van der Waals surface area (Å²) < 4.78 is 8.58. The van der Waals surface area contributed by atoms with Crippen LogP contribution in [0.15, 0.2) is 0 Å². The maximum absolute atomic E-state index is 11.9. The number of hydrogen-bond acceptors (Lipinski definition) is 4. The van der Waals surface area contributed by atoms with E-state index in [2.05, 4.69) is 36.6 Å². The van der Waals surface area contributed by atoms with Gasteiger partial charge >= 0.3 is 0 Å². The van der Waals surface area contributed by atoms with Crippen molar-refractivity contribution in [2.75, 3.05) is 32.8 Å². The molecule has 0 spiro atoms. The van der Waals surface area contributed by atoms with Crippen LogP contribution < -0.4 is 8.85 Å². The van der Waals surface area contributed by atoms with Crippen molar-refractivity contribution in [3.63, 3.8) is 0 Å². The van der Waals surface area contributed by atoms with E-state index in [1.165, 1.54) is 0 Å². The Morgan fingerprint density at radius 3 is 2.42 bits per heavy atom. The van der Waals surface area contributed by atoms with Gasteiger partial charge in [-0.25, -0.2) is 0 Å². The summed E-state index contributed by atoms with van der Waals surface area (Å²) in [5, 5.41) is 3.18. The van der Waals surface area contributed by atoms with E-state index in [0.29, 0.717) is 18.5 Å². The van der Waals surface area contributed by atoms with Gasteiger partial charge in [0.2, 0.25) is 5.91 Å². The van der Waals surface area contributed by atoms with E-state index >= 15 is 0 Å². The molecule has 1 saturated carbocycles. The van der Waals surface area contributed by atoms with Gasteiger partial charge in [-0.3, -0.25) is 13.2 Å². The van der Waals surface area contributed by atoms with Gasteiger partial charge < -0.3 is 10.1 Å². The summed E-state index contributed by atoms with van der Waals surface area (Å²) in [5.41, 5.74) is 0. The third kappa shape index (κ3) is 5.53. The molecule has 6 heteroatoms. The first-order valence-corrected chi connectivity index (χ1v) is 8.31. The average Bonchev–Trinajstić information content (AvgIpc) is 2.47. The van der Waals surface area contributed by atoms with Crippen LogP contribution in [0.1, 0.15) is 32.1 Å². The number of carbonyl (C=O) groups excluding carboxylic acids is 1. The lowest BCUT2D eigenvalue weighted by molar-refractivity contribution is -0.122. The van der Waals surface area contributed by atoms with Gasteiger partial charge in [0.15, 0.2) is 0 Å². The highest BCUT2D eigenvalue weighted by Crippen LogP contribution is 2.19. The number of hydrogen-bond donors (Lipinski definition) is 2. The topological polar surface area (TPSA) is 53.6 Å². The van der Waals surface area contributed by atoms with E-state index in [1.54, 1.807) is 0 Å². The van der Waals surface area contributed by atoms with Gasteiger partial charge in [-0.2, -0.15) is 0 Å². The molecule has 110 valence electrons. The van der Waals surface area contributed by atoms with Crippen molar-refractivity contribution in [1.82, 2.24) is 13.7 Å². The minimum Gasteiger partial charge on any atom is -0.379 e. The third-order valence-corrected chi connectivity index (χ3v) is 4.89. The molecule has 2 rings (SSSR count). The molecule has 1 aliphatic carbocycles. The van der Waals surface area contributed by atoms with Crippen LogP contribution in [0.25, 0.3) is 0 Å². The molecule has 0 bridgehead atoms. The Hall–Kier alpha value is 0.0800. The van der Waals surface area contributed by atoms with Crippen molar-refractivity contribution in [2.45, 2.75) is 44.2 Å². The molecule has 0 aromatic carbocycles. The van der Waals surface area contributed by atoms with Crippen molar-refractivity contribution in [3.8, 4) is 0 Å². The van der Waals surface area contributed by atoms with E-state index in [0.717, 1.165) is 58.5 Å². The smallest absolute Gasteiger partial charge is 0.221 e. The summed E-state index contributed by atoms with van der Waals surface area (Å²) >= 11 is 2.22. The highest BCUT2D eigenvalue weighted by Gasteiger charge is 2.21. The molecular weight excluding hydrogens is 357 g/mol. The molecule has 0 unspecified atom stereocenters. The maximum atomic E-state index is 11.9. The minimum atomic E-state index is 0.206. The van der Waals surface area contributed by atoms with Crippen LogP contribution in [0.5, 0.6) is 0 Å². The summed E-state index contributed by atoms with van der Waals surface area (Å²) in [6.07, 6.45) is 5.15. The molecule has 1 saturated heterocycles. The van der Waals surface area contributed by atoms with Gasteiger partial charge in [0.05, 0.1) is 13.2 Å². The molecule has 2 fully saturated rings. The van der Waals surface area contributed by atoms with Crippen molar-refractivity contribution in [2.24, 2.45) is 0 Å². The SMILES string of the molecule is O=C(CCN1CCOCC1)NC1CCC(NI)CC1. The second-order valence-corrected chi connectivity index (χ2v) is 6.05. The average molecular weight is 381 g/mol. The fourth-order valence-electron chi connectivity index (χ4n) is 2.73. The zero-order chi connectivity index (χ0) is 13.5. The molecule has 0 aromatic heterocycles.